The average Bonchev–Trinajstić information content (AvgIpc) is 3.16. The zero-order valence-corrected chi connectivity index (χ0v) is 15.6. The number of rotatable bonds is 4. The van der Waals surface area contributed by atoms with Crippen LogP contribution in [0.25, 0.3) is 11.0 Å². The molecule has 1 fully saturated rings. The number of hydrogen-bond donors (Lipinski definition) is 1. The van der Waals surface area contributed by atoms with E-state index in [4.69, 9.17) is 0 Å². The van der Waals surface area contributed by atoms with Crippen molar-refractivity contribution in [3.05, 3.63) is 59.2 Å². The van der Waals surface area contributed by atoms with Gasteiger partial charge in [-0.2, -0.15) is 5.10 Å². The van der Waals surface area contributed by atoms with Gasteiger partial charge in [0.15, 0.2) is 5.65 Å². The Morgan fingerprint density at radius 3 is 2.82 bits per heavy atom. The number of aromatic nitrogens is 3. The maximum absolute atomic E-state index is 13.0. The maximum Gasteiger partial charge on any atom is 0.253 e. The van der Waals surface area contributed by atoms with Gasteiger partial charge in [-0.1, -0.05) is 12.1 Å². The minimum atomic E-state index is -0.571. The van der Waals surface area contributed by atoms with Gasteiger partial charge < -0.3 is 10.2 Å². The fourth-order valence-corrected chi connectivity index (χ4v) is 3.51. The Hall–Kier alpha value is -3.29. The molecule has 0 aliphatic carbocycles. The molecule has 0 bridgehead atoms. The molecule has 144 valence electrons. The second-order valence-corrected chi connectivity index (χ2v) is 7.01. The first kappa shape index (κ1) is 18.1. The summed E-state index contributed by atoms with van der Waals surface area (Å²) in [5.74, 6) is -0.778. The molecule has 2 amide bonds. The van der Waals surface area contributed by atoms with E-state index in [0.717, 1.165) is 16.6 Å². The third-order valence-electron chi connectivity index (χ3n) is 5.01. The molecule has 1 aliphatic rings. The third-order valence-corrected chi connectivity index (χ3v) is 5.01. The highest BCUT2D eigenvalue weighted by Crippen LogP contribution is 2.18. The van der Waals surface area contributed by atoms with Crippen LogP contribution >= 0.6 is 0 Å². The lowest BCUT2D eigenvalue weighted by atomic mass is 10.1. The molecule has 8 heteroatoms. The van der Waals surface area contributed by atoms with Crippen molar-refractivity contribution in [1.82, 2.24) is 25.0 Å². The zero-order chi connectivity index (χ0) is 19.8. The normalized spacial score (nSPS) is 16.8. The SMILES string of the molecule is Cc1nn(C)c2ncc(C(=O)NC3CCN(Cc4ccc(F)cc4)C3=O)cc12. The molecule has 1 atom stereocenters. The lowest BCUT2D eigenvalue weighted by Gasteiger charge is -2.17. The van der Waals surface area contributed by atoms with Gasteiger partial charge in [-0.15, -0.1) is 0 Å². The molecule has 4 rings (SSSR count). The van der Waals surface area contributed by atoms with Crippen LogP contribution in [0.2, 0.25) is 0 Å². The van der Waals surface area contributed by atoms with Crippen LogP contribution in [-0.2, 0) is 18.4 Å². The van der Waals surface area contributed by atoms with Crippen molar-refractivity contribution in [2.75, 3.05) is 6.54 Å². The number of nitrogens with zero attached hydrogens (tertiary/aromatic N) is 4. The Labute approximate surface area is 161 Å². The number of likely N-dealkylation sites (tertiary alicyclic amines) is 1. The van der Waals surface area contributed by atoms with Gasteiger partial charge in [0.25, 0.3) is 5.91 Å². The Kier molecular flexibility index (Phi) is 4.54. The van der Waals surface area contributed by atoms with Gasteiger partial charge in [-0.05, 0) is 37.1 Å². The van der Waals surface area contributed by atoms with Crippen LogP contribution < -0.4 is 5.32 Å². The average molecular weight is 381 g/mol. The van der Waals surface area contributed by atoms with Crippen molar-refractivity contribution in [2.24, 2.45) is 7.05 Å². The molecule has 7 nitrogen and oxygen atoms in total. The van der Waals surface area contributed by atoms with Crippen molar-refractivity contribution in [3.63, 3.8) is 0 Å². The van der Waals surface area contributed by atoms with Crippen LogP contribution in [0.1, 0.15) is 28.0 Å². The molecule has 0 saturated carbocycles. The van der Waals surface area contributed by atoms with E-state index in [9.17, 15) is 14.0 Å². The number of amides is 2. The van der Waals surface area contributed by atoms with Gasteiger partial charge in [0.1, 0.15) is 11.9 Å². The topological polar surface area (TPSA) is 80.1 Å². The number of hydrogen-bond acceptors (Lipinski definition) is 4. The highest BCUT2D eigenvalue weighted by Gasteiger charge is 2.33. The Morgan fingerprint density at radius 1 is 1.32 bits per heavy atom. The van der Waals surface area contributed by atoms with Crippen molar-refractivity contribution >= 4 is 22.8 Å². The summed E-state index contributed by atoms with van der Waals surface area (Å²) in [7, 11) is 1.80. The standard InChI is InChI=1S/C20H20FN5O2/c1-12-16-9-14(10-22-18(16)25(2)24-12)19(27)23-17-7-8-26(20(17)28)11-13-3-5-15(21)6-4-13/h3-6,9-10,17H,7-8,11H2,1-2H3,(H,23,27). The Bertz CT molecular complexity index is 1060. The van der Waals surface area contributed by atoms with Crippen LogP contribution in [0.5, 0.6) is 0 Å². The molecule has 3 heterocycles. The Morgan fingerprint density at radius 2 is 2.07 bits per heavy atom. The summed E-state index contributed by atoms with van der Waals surface area (Å²) in [4.78, 5) is 31.2. The summed E-state index contributed by atoms with van der Waals surface area (Å²) < 4.78 is 14.7. The van der Waals surface area contributed by atoms with E-state index in [1.807, 2.05) is 6.92 Å². The number of pyridine rings is 1. The molecule has 1 aliphatic heterocycles. The van der Waals surface area contributed by atoms with E-state index < -0.39 is 6.04 Å². The van der Waals surface area contributed by atoms with Crippen LogP contribution in [0.4, 0.5) is 4.39 Å². The van der Waals surface area contributed by atoms with Crippen LogP contribution in [0.15, 0.2) is 36.5 Å². The first-order chi connectivity index (χ1) is 13.4. The van der Waals surface area contributed by atoms with Gasteiger partial charge in [-0.3, -0.25) is 14.3 Å². The Balaban J connectivity index is 1.44. The number of carbonyl (C=O) groups excluding carboxylic acids is 2. The molecule has 0 spiro atoms. The fraction of sp³-hybridized carbons (Fsp3) is 0.300. The number of halogens is 1. The minimum Gasteiger partial charge on any atom is -0.340 e. The minimum absolute atomic E-state index is 0.135. The predicted molar refractivity (Wildman–Crippen MR) is 101 cm³/mol. The van der Waals surface area contributed by atoms with E-state index in [0.29, 0.717) is 30.7 Å². The van der Waals surface area contributed by atoms with E-state index in [2.05, 4.69) is 15.4 Å². The molecule has 3 aromatic rings. The van der Waals surface area contributed by atoms with Gasteiger partial charge in [-0.25, -0.2) is 9.37 Å². The second-order valence-electron chi connectivity index (χ2n) is 7.01. The second kappa shape index (κ2) is 7.03. The highest BCUT2D eigenvalue weighted by molar-refractivity contribution is 6.00. The predicted octanol–water partition coefficient (Wildman–Crippen LogP) is 1.95. The molecule has 0 radical (unpaired) electrons. The van der Waals surface area contributed by atoms with Crippen LogP contribution in [-0.4, -0.2) is 44.1 Å². The highest BCUT2D eigenvalue weighted by atomic mass is 19.1. The molecule has 28 heavy (non-hydrogen) atoms. The van der Waals surface area contributed by atoms with Crippen LogP contribution in [0, 0.1) is 12.7 Å². The first-order valence-electron chi connectivity index (χ1n) is 9.06. The van der Waals surface area contributed by atoms with Gasteiger partial charge in [0, 0.05) is 31.7 Å². The van der Waals surface area contributed by atoms with Crippen LogP contribution in [0.3, 0.4) is 0 Å². The van der Waals surface area contributed by atoms with E-state index >= 15 is 0 Å². The number of aryl methyl sites for hydroxylation is 2. The molecule has 2 aromatic heterocycles. The summed E-state index contributed by atoms with van der Waals surface area (Å²) in [6.07, 6.45) is 2.03. The smallest absolute Gasteiger partial charge is 0.253 e. The third kappa shape index (κ3) is 3.33. The molecule has 1 N–H and O–H groups in total. The quantitative estimate of drug-likeness (QED) is 0.749. The fourth-order valence-electron chi connectivity index (χ4n) is 3.51. The number of benzene rings is 1. The first-order valence-corrected chi connectivity index (χ1v) is 9.06. The summed E-state index contributed by atoms with van der Waals surface area (Å²) in [6, 6.07) is 7.24. The lowest BCUT2D eigenvalue weighted by Crippen LogP contribution is -2.41. The zero-order valence-electron chi connectivity index (χ0n) is 15.6. The number of nitrogens with one attached hydrogen (secondary N) is 1. The molecule has 1 saturated heterocycles. The monoisotopic (exact) mass is 381 g/mol. The number of fused-ring (bicyclic) bond motifs is 1. The van der Waals surface area contributed by atoms with Gasteiger partial charge in [0.05, 0.1) is 11.3 Å². The van der Waals surface area contributed by atoms with Crippen molar-refractivity contribution in [3.8, 4) is 0 Å². The van der Waals surface area contributed by atoms with E-state index in [1.54, 1.807) is 34.8 Å². The van der Waals surface area contributed by atoms with Crippen molar-refractivity contribution < 1.29 is 14.0 Å². The molecule has 1 unspecified atom stereocenters. The summed E-state index contributed by atoms with van der Waals surface area (Å²) in [5.41, 5.74) is 2.75. The molecular weight excluding hydrogens is 361 g/mol. The lowest BCUT2D eigenvalue weighted by molar-refractivity contribution is -0.129. The van der Waals surface area contributed by atoms with Crippen molar-refractivity contribution in [2.45, 2.75) is 25.9 Å². The van der Waals surface area contributed by atoms with E-state index in [1.165, 1.54) is 18.3 Å². The maximum atomic E-state index is 13.0. The number of carbonyl (C=O) groups is 2. The summed E-state index contributed by atoms with van der Waals surface area (Å²) >= 11 is 0. The van der Waals surface area contributed by atoms with Gasteiger partial charge >= 0.3 is 0 Å². The molecular formula is C20H20FN5O2. The van der Waals surface area contributed by atoms with E-state index in [-0.39, 0.29) is 17.6 Å². The largest absolute Gasteiger partial charge is 0.340 e. The van der Waals surface area contributed by atoms with Gasteiger partial charge in [0.2, 0.25) is 5.91 Å². The van der Waals surface area contributed by atoms with Crippen molar-refractivity contribution in [1.29, 1.82) is 0 Å². The molecule has 1 aromatic carbocycles. The summed E-state index contributed by atoms with van der Waals surface area (Å²) in [6.45, 7) is 2.80. The summed E-state index contributed by atoms with van der Waals surface area (Å²) in [5, 5.41) is 7.91.